The van der Waals surface area contributed by atoms with Gasteiger partial charge in [-0.15, -0.1) is 0 Å². The third kappa shape index (κ3) is 3.09. The summed E-state index contributed by atoms with van der Waals surface area (Å²) >= 11 is 0. The van der Waals surface area contributed by atoms with E-state index in [1.54, 1.807) is 6.33 Å². The molecule has 1 atom stereocenters. The standard InChI is InChI=1S/C19H27N5/c1-13-9-14(2)23-19-17(13)18(21-12-22-19)20-10-15-7-8-24(11-15)16-5-3-4-6-16/h9,12,15-16H,3-8,10-11H2,1-2H3,(H,20,21,22,23)/t15-/m0/s1. The second kappa shape index (κ2) is 6.63. The lowest BCUT2D eigenvalue weighted by Crippen LogP contribution is -2.31. The molecular formula is C19H27N5. The number of hydrogen-bond acceptors (Lipinski definition) is 5. The summed E-state index contributed by atoms with van der Waals surface area (Å²) in [7, 11) is 0. The van der Waals surface area contributed by atoms with Gasteiger partial charge in [-0.05, 0) is 57.2 Å². The van der Waals surface area contributed by atoms with E-state index in [0.717, 1.165) is 35.1 Å². The molecule has 0 bridgehead atoms. The summed E-state index contributed by atoms with van der Waals surface area (Å²) in [6, 6.07) is 2.96. The van der Waals surface area contributed by atoms with Crippen LogP contribution in [0.3, 0.4) is 0 Å². The number of anilines is 1. The van der Waals surface area contributed by atoms with Crippen molar-refractivity contribution in [3.63, 3.8) is 0 Å². The molecule has 0 radical (unpaired) electrons. The number of nitrogens with zero attached hydrogens (tertiary/aromatic N) is 4. The monoisotopic (exact) mass is 325 g/mol. The van der Waals surface area contributed by atoms with Crippen molar-refractivity contribution in [1.29, 1.82) is 0 Å². The third-order valence-corrected chi connectivity index (χ3v) is 5.65. The zero-order chi connectivity index (χ0) is 16.5. The highest BCUT2D eigenvalue weighted by molar-refractivity contribution is 5.89. The average molecular weight is 325 g/mol. The zero-order valence-corrected chi connectivity index (χ0v) is 14.8. The summed E-state index contributed by atoms with van der Waals surface area (Å²) in [5.41, 5.74) is 3.00. The van der Waals surface area contributed by atoms with E-state index in [0.29, 0.717) is 5.92 Å². The largest absolute Gasteiger partial charge is 0.369 e. The molecule has 1 saturated heterocycles. The Labute approximate surface area is 143 Å². The topological polar surface area (TPSA) is 53.9 Å². The van der Waals surface area contributed by atoms with Gasteiger partial charge < -0.3 is 10.2 Å². The number of hydrogen-bond donors (Lipinski definition) is 1. The van der Waals surface area contributed by atoms with Gasteiger partial charge in [-0.3, -0.25) is 0 Å². The van der Waals surface area contributed by atoms with Crippen LogP contribution in [0, 0.1) is 19.8 Å². The van der Waals surface area contributed by atoms with E-state index in [-0.39, 0.29) is 0 Å². The second-order valence-electron chi connectivity index (χ2n) is 7.47. The Balaban J connectivity index is 1.44. The molecule has 1 aliphatic carbocycles. The molecule has 0 amide bonds. The van der Waals surface area contributed by atoms with Crippen LogP contribution >= 0.6 is 0 Å². The Morgan fingerprint density at radius 3 is 2.83 bits per heavy atom. The minimum absolute atomic E-state index is 0.717. The van der Waals surface area contributed by atoms with E-state index in [9.17, 15) is 0 Å². The second-order valence-corrected chi connectivity index (χ2v) is 7.47. The van der Waals surface area contributed by atoms with Crippen molar-refractivity contribution in [2.45, 2.75) is 52.0 Å². The van der Waals surface area contributed by atoms with Crippen molar-refractivity contribution in [3.05, 3.63) is 23.7 Å². The molecule has 2 aromatic heterocycles. The highest BCUT2D eigenvalue weighted by Crippen LogP contribution is 2.29. The first kappa shape index (κ1) is 15.8. The van der Waals surface area contributed by atoms with E-state index in [4.69, 9.17) is 0 Å². The van der Waals surface area contributed by atoms with Crippen molar-refractivity contribution in [2.75, 3.05) is 25.0 Å². The van der Waals surface area contributed by atoms with Gasteiger partial charge in [0.25, 0.3) is 0 Å². The quantitative estimate of drug-likeness (QED) is 0.934. The van der Waals surface area contributed by atoms with Crippen LogP contribution in [0.4, 0.5) is 5.82 Å². The highest BCUT2D eigenvalue weighted by atomic mass is 15.2. The van der Waals surface area contributed by atoms with Crippen LogP contribution in [0.2, 0.25) is 0 Å². The summed E-state index contributed by atoms with van der Waals surface area (Å²) in [5.74, 6) is 1.65. The minimum Gasteiger partial charge on any atom is -0.369 e. The van der Waals surface area contributed by atoms with Crippen molar-refractivity contribution < 1.29 is 0 Å². The Morgan fingerprint density at radius 1 is 1.17 bits per heavy atom. The number of aromatic nitrogens is 3. The van der Waals surface area contributed by atoms with Crippen LogP contribution in [-0.4, -0.2) is 45.5 Å². The summed E-state index contributed by atoms with van der Waals surface area (Å²) in [6.45, 7) is 7.61. The first-order valence-electron chi connectivity index (χ1n) is 9.27. The molecule has 5 nitrogen and oxygen atoms in total. The molecule has 1 saturated carbocycles. The van der Waals surface area contributed by atoms with Gasteiger partial charge in [-0.1, -0.05) is 12.8 Å². The van der Waals surface area contributed by atoms with E-state index in [1.807, 2.05) is 6.92 Å². The zero-order valence-electron chi connectivity index (χ0n) is 14.8. The van der Waals surface area contributed by atoms with E-state index in [2.05, 4.69) is 38.2 Å². The van der Waals surface area contributed by atoms with Crippen molar-refractivity contribution in [3.8, 4) is 0 Å². The molecule has 0 aromatic carbocycles. The molecule has 5 heteroatoms. The molecule has 2 aromatic rings. The van der Waals surface area contributed by atoms with Gasteiger partial charge in [-0.25, -0.2) is 15.0 Å². The van der Waals surface area contributed by atoms with Crippen molar-refractivity contribution in [1.82, 2.24) is 19.9 Å². The fraction of sp³-hybridized carbons (Fsp3) is 0.632. The van der Waals surface area contributed by atoms with Gasteiger partial charge >= 0.3 is 0 Å². The molecule has 128 valence electrons. The van der Waals surface area contributed by atoms with Gasteiger partial charge in [-0.2, -0.15) is 0 Å². The molecule has 24 heavy (non-hydrogen) atoms. The summed E-state index contributed by atoms with van der Waals surface area (Å²) in [6.07, 6.45) is 8.56. The van der Waals surface area contributed by atoms with E-state index in [1.165, 1.54) is 50.8 Å². The number of nitrogens with one attached hydrogen (secondary N) is 1. The Hall–Kier alpha value is -1.75. The predicted molar refractivity (Wildman–Crippen MR) is 97.2 cm³/mol. The van der Waals surface area contributed by atoms with Crippen LogP contribution in [0.25, 0.3) is 11.0 Å². The molecule has 4 rings (SSSR count). The van der Waals surface area contributed by atoms with E-state index >= 15 is 0 Å². The van der Waals surface area contributed by atoms with Crippen molar-refractivity contribution in [2.24, 2.45) is 5.92 Å². The van der Waals surface area contributed by atoms with Gasteiger partial charge in [0, 0.05) is 24.8 Å². The smallest absolute Gasteiger partial charge is 0.165 e. The molecule has 1 N–H and O–H groups in total. The molecule has 2 fully saturated rings. The number of likely N-dealkylation sites (tertiary alicyclic amines) is 1. The van der Waals surface area contributed by atoms with Crippen LogP contribution in [0.1, 0.15) is 43.4 Å². The number of pyridine rings is 1. The van der Waals surface area contributed by atoms with Crippen LogP contribution in [-0.2, 0) is 0 Å². The first-order chi connectivity index (χ1) is 11.7. The Morgan fingerprint density at radius 2 is 2.00 bits per heavy atom. The lowest BCUT2D eigenvalue weighted by molar-refractivity contribution is 0.238. The summed E-state index contributed by atoms with van der Waals surface area (Å²) in [5, 5.41) is 4.65. The van der Waals surface area contributed by atoms with Gasteiger partial charge in [0.15, 0.2) is 5.65 Å². The Bertz CT molecular complexity index is 723. The summed E-state index contributed by atoms with van der Waals surface area (Å²) in [4.78, 5) is 16.1. The molecule has 1 aliphatic heterocycles. The van der Waals surface area contributed by atoms with Crippen LogP contribution in [0.5, 0.6) is 0 Å². The maximum atomic E-state index is 4.54. The molecule has 0 spiro atoms. The normalized spacial score (nSPS) is 22.5. The van der Waals surface area contributed by atoms with Gasteiger partial charge in [0.1, 0.15) is 12.1 Å². The third-order valence-electron chi connectivity index (χ3n) is 5.65. The molecule has 0 unspecified atom stereocenters. The number of fused-ring (bicyclic) bond motifs is 1. The van der Waals surface area contributed by atoms with Crippen LogP contribution in [0.15, 0.2) is 12.4 Å². The van der Waals surface area contributed by atoms with Gasteiger partial charge in [0.2, 0.25) is 0 Å². The first-order valence-corrected chi connectivity index (χ1v) is 9.27. The van der Waals surface area contributed by atoms with E-state index < -0.39 is 0 Å². The van der Waals surface area contributed by atoms with Crippen molar-refractivity contribution >= 4 is 16.9 Å². The minimum atomic E-state index is 0.717. The maximum absolute atomic E-state index is 4.54. The Kier molecular flexibility index (Phi) is 4.35. The molecule has 3 heterocycles. The maximum Gasteiger partial charge on any atom is 0.165 e. The fourth-order valence-electron chi connectivity index (χ4n) is 4.41. The molecule has 2 aliphatic rings. The summed E-state index contributed by atoms with van der Waals surface area (Å²) < 4.78 is 0. The predicted octanol–water partition coefficient (Wildman–Crippen LogP) is 3.32. The lowest BCUT2D eigenvalue weighted by Gasteiger charge is -2.23. The number of rotatable bonds is 4. The lowest BCUT2D eigenvalue weighted by atomic mass is 10.1. The fourth-order valence-corrected chi connectivity index (χ4v) is 4.41. The molecular weight excluding hydrogens is 298 g/mol. The van der Waals surface area contributed by atoms with Gasteiger partial charge in [0.05, 0.1) is 5.39 Å². The van der Waals surface area contributed by atoms with Crippen LogP contribution < -0.4 is 5.32 Å². The average Bonchev–Trinajstić information content (AvgIpc) is 3.23. The highest BCUT2D eigenvalue weighted by Gasteiger charge is 2.29. The number of aryl methyl sites for hydroxylation is 2. The SMILES string of the molecule is Cc1cc(C)c2c(NC[C@@H]3CCN(C4CCCC4)C3)ncnc2n1.